The van der Waals surface area contributed by atoms with E-state index in [9.17, 15) is 0 Å². The Morgan fingerprint density at radius 1 is 0.474 bits per heavy atom. The second-order valence-corrected chi connectivity index (χ2v) is 3.67. The van der Waals surface area contributed by atoms with Crippen LogP contribution in [0.3, 0.4) is 0 Å². The van der Waals surface area contributed by atoms with Crippen LogP contribution in [0.1, 0.15) is 2.85 Å². The van der Waals surface area contributed by atoms with Crippen molar-refractivity contribution in [2.24, 2.45) is 0 Å². The summed E-state index contributed by atoms with van der Waals surface area (Å²) in [5.74, 6) is 0. The minimum absolute atomic E-state index is 0. The first-order valence-electron chi connectivity index (χ1n) is 2.00. The molecule has 0 rings (SSSR count). The van der Waals surface area contributed by atoms with Gasteiger partial charge in [0.25, 0.3) is 0 Å². The second-order valence-electron chi connectivity index (χ2n) is 1.22. The smallest absolute Gasteiger partial charge is 1.00 e. The zero-order chi connectivity index (χ0) is 13.5. The fourth-order valence-corrected chi connectivity index (χ4v) is 0. The van der Waals surface area contributed by atoms with Gasteiger partial charge in [-0.25, -0.2) is 0 Å². The fraction of sp³-hybridized carbons (Fsp3) is 0. The van der Waals surface area contributed by atoms with E-state index >= 15 is 0 Å². The Balaban J connectivity index is -0.0000000129. The van der Waals surface area contributed by atoms with Crippen LogP contribution in [0.25, 0.3) is 0 Å². The average molecular weight is 472 g/mol. The van der Waals surface area contributed by atoms with Gasteiger partial charge in [-0.1, -0.05) is 0 Å². The monoisotopic (exact) mass is 472 g/mol. The van der Waals surface area contributed by atoms with Crippen LogP contribution in [0, 0.1) is 0 Å². The molecule has 0 aromatic carbocycles. The van der Waals surface area contributed by atoms with E-state index < -0.39 is 31.2 Å². The predicted octanol–water partition coefficient (Wildman–Crippen LogP) is -9.79. The van der Waals surface area contributed by atoms with Crippen LogP contribution in [0.4, 0.5) is 0 Å². The van der Waals surface area contributed by atoms with E-state index in [1.54, 1.807) is 0 Å². The quantitative estimate of drug-likeness (QED) is 0.181. The molecule has 0 bridgehead atoms. The van der Waals surface area contributed by atoms with Gasteiger partial charge in [-0.2, -0.15) is 0 Å². The average Bonchev–Trinajstić information content (AvgIpc) is 1.41. The van der Waals surface area contributed by atoms with Crippen LogP contribution in [-0.4, -0.2) is 52.6 Å². The maximum atomic E-state index is 8.52. The molecule has 19 heavy (non-hydrogen) atoms. The molecule has 0 aliphatic rings. The molecule has 0 spiro atoms. The van der Waals surface area contributed by atoms with Crippen LogP contribution < -0.4 is 103 Å². The third-order valence-corrected chi connectivity index (χ3v) is 0. The van der Waals surface area contributed by atoms with Gasteiger partial charge in [-0.05, 0) is 0 Å². The molecule has 0 aromatic rings. The Hall–Kier alpha value is 3.95. The van der Waals surface area contributed by atoms with Crippen molar-refractivity contribution in [1.82, 2.24) is 0 Å². The van der Waals surface area contributed by atoms with E-state index in [1.165, 1.54) is 0 Å². The summed E-state index contributed by atoms with van der Waals surface area (Å²) in [6.45, 7) is 0. The molecule has 0 amide bonds. The summed E-state index contributed by atoms with van der Waals surface area (Å²) < 4.78 is 102. The molecule has 2 radical (unpaired) electrons. The maximum Gasteiger partial charge on any atom is 3.00 e. The molecular formula is H2Cr2K2O12S3. The second kappa shape index (κ2) is 20.0. The van der Waals surface area contributed by atoms with Gasteiger partial charge in [0.05, 0.1) is 0 Å². The van der Waals surface area contributed by atoms with E-state index in [0.29, 0.717) is 0 Å². The standard InChI is InChI=1S/2Cr.2K.3H2O4S.2H/c;;;;3*1-5(2,3)4;;/h;;;;3*(H2,1,2,3,4);;/q2*+3;2*+1;;;;2*-1/p-6. The molecule has 0 unspecified atom stereocenters. The minimum Gasteiger partial charge on any atom is -1.00 e. The molecule has 19 heteroatoms. The Morgan fingerprint density at radius 3 is 0.474 bits per heavy atom. The molecule has 0 aromatic heterocycles. The summed E-state index contributed by atoms with van der Waals surface area (Å²) in [6.07, 6.45) is 0. The topological polar surface area (TPSA) is 241 Å². The molecular weight excluding hydrogens is 470 g/mol. The Bertz CT molecular complexity index is 359. The van der Waals surface area contributed by atoms with Gasteiger partial charge in [-0.15, -0.1) is 0 Å². The van der Waals surface area contributed by atoms with Gasteiger partial charge >= 0.3 is 137 Å². The molecule has 0 fully saturated rings. The number of hydrogen-bond donors (Lipinski definition) is 0. The van der Waals surface area contributed by atoms with Crippen LogP contribution in [0.2, 0.25) is 0 Å². The van der Waals surface area contributed by atoms with Crippen molar-refractivity contribution in [2.45, 2.75) is 0 Å². The van der Waals surface area contributed by atoms with E-state index in [-0.39, 0.29) is 140 Å². The van der Waals surface area contributed by atoms with Crippen molar-refractivity contribution in [3.05, 3.63) is 0 Å². The Kier molecular flexibility index (Phi) is 45.7. The van der Waals surface area contributed by atoms with Crippen molar-refractivity contribution in [3.63, 3.8) is 0 Å². The maximum absolute atomic E-state index is 8.52. The summed E-state index contributed by atoms with van der Waals surface area (Å²) >= 11 is 0. The van der Waals surface area contributed by atoms with Gasteiger partial charge in [0.1, 0.15) is 0 Å². The molecule has 0 atom stereocenters. The van der Waals surface area contributed by atoms with Crippen LogP contribution in [0.15, 0.2) is 0 Å². The Morgan fingerprint density at radius 2 is 0.474 bits per heavy atom. The van der Waals surface area contributed by atoms with Crippen LogP contribution >= 0.6 is 0 Å². The molecule has 12 nitrogen and oxygen atoms in total. The molecule has 0 aliphatic carbocycles. The van der Waals surface area contributed by atoms with Crippen molar-refractivity contribution >= 4 is 31.2 Å². The predicted molar refractivity (Wildman–Crippen MR) is 33.6 cm³/mol. The minimum atomic E-state index is -5.17. The third kappa shape index (κ3) is 560. The first-order valence-corrected chi connectivity index (χ1v) is 6.00. The van der Waals surface area contributed by atoms with Crippen molar-refractivity contribution in [2.75, 3.05) is 0 Å². The summed E-state index contributed by atoms with van der Waals surface area (Å²) in [5.41, 5.74) is 0. The van der Waals surface area contributed by atoms with Crippen molar-refractivity contribution in [1.29, 1.82) is 0 Å². The van der Waals surface area contributed by atoms with Gasteiger partial charge < -0.3 is 30.2 Å². The zero-order valence-corrected chi connectivity index (χ0v) is 20.2. The fourth-order valence-electron chi connectivity index (χ4n) is 0. The van der Waals surface area contributed by atoms with E-state index in [4.69, 9.17) is 52.6 Å². The first-order chi connectivity index (χ1) is 6.00. The Labute approximate surface area is 219 Å². The molecule has 0 heterocycles. The SMILES string of the molecule is O=S(=O)([O-])[O-].O=S(=O)([O-])[O-].O=S(=O)([O-])[O-].[Cr+3].[Cr+3].[H-].[H-].[K+].[K+]. The first kappa shape index (κ1) is 43.5. The largest absolute Gasteiger partial charge is 3.00 e. The number of rotatable bonds is 0. The molecule has 0 N–H and O–H groups in total. The molecule has 106 valence electrons. The van der Waals surface area contributed by atoms with Crippen molar-refractivity contribution < 1.29 is 193 Å². The normalized spacial score (nSPS) is 9.16. The zero-order valence-electron chi connectivity index (χ0n) is 10.9. The molecule has 0 saturated carbocycles. The van der Waals surface area contributed by atoms with Crippen LogP contribution in [0.5, 0.6) is 0 Å². The third-order valence-electron chi connectivity index (χ3n) is 0. The van der Waals surface area contributed by atoms with E-state index in [1.807, 2.05) is 0 Å². The van der Waals surface area contributed by atoms with E-state index in [2.05, 4.69) is 0 Å². The molecule has 0 saturated heterocycles. The van der Waals surface area contributed by atoms with Gasteiger partial charge in [-0.3, -0.25) is 25.3 Å². The van der Waals surface area contributed by atoms with Gasteiger partial charge in [0, 0.05) is 31.2 Å². The van der Waals surface area contributed by atoms with E-state index in [0.717, 1.165) is 0 Å². The summed E-state index contributed by atoms with van der Waals surface area (Å²) in [6, 6.07) is 0. The summed E-state index contributed by atoms with van der Waals surface area (Å²) in [4.78, 5) is 0. The van der Waals surface area contributed by atoms with Gasteiger partial charge in [0.2, 0.25) is 0 Å². The van der Waals surface area contributed by atoms with Crippen LogP contribution in [-0.2, 0) is 65.9 Å². The van der Waals surface area contributed by atoms with Crippen molar-refractivity contribution in [3.8, 4) is 0 Å². The number of hydrogen-bond acceptors (Lipinski definition) is 12. The van der Waals surface area contributed by atoms with Gasteiger partial charge in [0.15, 0.2) is 0 Å². The molecule has 0 aliphatic heterocycles. The summed E-state index contributed by atoms with van der Waals surface area (Å²) in [5, 5.41) is 0. The summed E-state index contributed by atoms with van der Waals surface area (Å²) in [7, 11) is -15.5.